The van der Waals surface area contributed by atoms with Gasteiger partial charge in [0, 0.05) is 5.56 Å². The van der Waals surface area contributed by atoms with E-state index in [1.165, 1.54) is 5.56 Å². The molecule has 0 spiro atoms. The Morgan fingerprint density at radius 1 is 1.03 bits per heavy atom. The third kappa shape index (κ3) is 3.87. The van der Waals surface area contributed by atoms with Crippen LogP contribution in [0.25, 0.3) is 10.2 Å². The molecule has 0 bridgehead atoms. The van der Waals surface area contributed by atoms with Crippen molar-refractivity contribution < 1.29 is 9.53 Å². The van der Waals surface area contributed by atoms with Gasteiger partial charge < -0.3 is 4.74 Å². The van der Waals surface area contributed by atoms with Crippen LogP contribution in [-0.4, -0.2) is 18.0 Å². The minimum Gasteiger partial charge on any atom is -0.497 e. The number of thiazole rings is 1. The fourth-order valence-electron chi connectivity index (χ4n) is 3.23. The molecule has 0 aliphatic rings. The number of anilines is 1. The van der Waals surface area contributed by atoms with Crippen LogP contribution >= 0.6 is 11.3 Å². The van der Waals surface area contributed by atoms with E-state index in [0.29, 0.717) is 23.0 Å². The number of hydrogen-bond acceptors (Lipinski definition) is 4. The fourth-order valence-corrected chi connectivity index (χ4v) is 4.26. The number of hydrogen-bond donors (Lipinski definition) is 0. The number of carbonyl (C=O) groups is 1. The Balaban J connectivity index is 1.80. The molecular weight excluding hydrogens is 380 g/mol. The first-order valence-corrected chi connectivity index (χ1v) is 10.2. The van der Waals surface area contributed by atoms with Gasteiger partial charge in [-0.15, -0.1) is 0 Å². The summed E-state index contributed by atoms with van der Waals surface area (Å²) in [5.74, 6) is 0.562. The van der Waals surface area contributed by atoms with E-state index < -0.39 is 0 Å². The number of aromatic nitrogens is 1. The van der Waals surface area contributed by atoms with E-state index in [0.717, 1.165) is 21.3 Å². The van der Waals surface area contributed by atoms with Gasteiger partial charge >= 0.3 is 0 Å². The molecule has 0 saturated carbocycles. The topological polar surface area (TPSA) is 42.4 Å². The summed E-state index contributed by atoms with van der Waals surface area (Å²) >= 11 is 1.54. The molecule has 4 nitrogen and oxygen atoms in total. The molecular formula is C24H22N2O2S. The molecule has 29 heavy (non-hydrogen) atoms. The molecule has 1 heterocycles. The molecule has 4 aromatic rings. The van der Waals surface area contributed by atoms with Crippen molar-refractivity contribution in [2.24, 2.45) is 0 Å². The maximum atomic E-state index is 13.5. The molecule has 146 valence electrons. The van der Waals surface area contributed by atoms with E-state index in [1.807, 2.05) is 48.5 Å². The molecule has 5 heteroatoms. The maximum absolute atomic E-state index is 13.5. The summed E-state index contributed by atoms with van der Waals surface area (Å²) in [7, 11) is 1.60. The lowest BCUT2D eigenvalue weighted by Crippen LogP contribution is -2.30. The van der Waals surface area contributed by atoms with Crippen molar-refractivity contribution in [1.29, 1.82) is 0 Å². The van der Waals surface area contributed by atoms with Crippen molar-refractivity contribution in [3.63, 3.8) is 0 Å². The summed E-state index contributed by atoms with van der Waals surface area (Å²) in [5, 5.41) is 0.699. The number of amides is 1. The highest BCUT2D eigenvalue weighted by atomic mass is 32.1. The molecule has 0 saturated heterocycles. The molecule has 0 radical (unpaired) electrons. The Morgan fingerprint density at radius 3 is 2.59 bits per heavy atom. The van der Waals surface area contributed by atoms with Crippen molar-refractivity contribution in [3.05, 3.63) is 89.0 Å². The van der Waals surface area contributed by atoms with Crippen LogP contribution in [0, 0.1) is 13.8 Å². The quantitative estimate of drug-likeness (QED) is 0.426. The Labute approximate surface area is 174 Å². The summed E-state index contributed by atoms with van der Waals surface area (Å²) < 4.78 is 6.38. The Morgan fingerprint density at radius 2 is 1.83 bits per heavy atom. The van der Waals surface area contributed by atoms with E-state index >= 15 is 0 Å². The van der Waals surface area contributed by atoms with Gasteiger partial charge in [0.2, 0.25) is 0 Å². The molecule has 0 unspecified atom stereocenters. The second-order valence-electron chi connectivity index (χ2n) is 6.96. The number of nitrogens with zero attached hydrogens (tertiary/aromatic N) is 2. The molecule has 1 aromatic heterocycles. The number of aryl methyl sites for hydroxylation is 2. The molecule has 0 aliphatic heterocycles. The number of ether oxygens (including phenoxy) is 1. The van der Waals surface area contributed by atoms with Gasteiger partial charge in [-0.3, -0.25) is 9.69 Å². The summed E-state index contributed by atoms with van der Waals surface area (Å²) in [6, 6.07) is 21.4. The normalized spacial score (nSPS) is 10.9. The average Bonchev–Trinajstić information content (AvgIpc) is 3.20. The fraction of sp³-hybridized carbons (Fsp3) is 0.167. The Hall–Kier alpha value is -3.18. The first kappa shape index (κ1) is 19.2. The van der Waals surface area contributed by atoms with Crippen LogP contribution < -0.4 is 9.64 Å². The van der Waals surface area contributed by atoms with Gasteiger partial charge in [0.15, 0.2) is 5.13 Å². The van der Waals surface area contributed by atoms with Gasteiger partial charge in [-0.05, 0) is 54.8 Å². The highest BCUT2D eigenvalue weighted by molar-refractivity contribution is 7.22. The largest absolute Gasteiger partial charge is 0.497 e. The van der Waals surface area contributed by atoms with E-state index in [2.05, 4.69) is 26.0 Å². The molecule has 4 rings (SSSR count). The molecule has 0 atom stereocenters. The van der Waals surface area contributed by atoms with Gasteiger partial charge in [0.1, 0.15) is 5.75 Å². The van der Waals surface area contributed by atoms with Gasteiger partial charge in [-0.25, -0.2) is 4.98 Å². The van der Waals surface area contributed by atoms with Crippen LogP contribution in [0.4, 0.5) is 5.13 Å². The minimum atomic E-state index is -0.0961. The second kappa shape index (κ2) is 8.05. The third-order valence-corrected chi connectivity index (χ3v) is 6.09. The number of fused-ring (bicyclic) bond motifs is 1. The second-order valence-corrected chi connectivity index (χ2v) is 7.97. The Bertz CT molecular complexity index is 1170. The lowest BCUT2D eigenvalue weighted by molar-refractivity contribution is 0.0985. The van der Waals surface area contributed by atoms with Crippen LogP contribution in [0.3, 0.4) is 0 Å². The predicted octanol–water partition coefficient (Wildman–Crippen LogP) is 5.77. The number of rotatable bonds is 5. The van der Waals surface area contributed by atoms with E-state index in [4.69, 9.17) is 9.72 Å². The minimum absolute atomic E-state index is 0.0961. The molecule has 0 N–H and O–H groups in total. The number of benzene rings is 3. The van der Waals surface area contributed by atoms with Crippen molar-refractivity contribution >= 4 is 32.6 Å². The smallest absolute Gasteiger partial charge is 0.260 e. The summed E-state index contributed by atoms with van der Waals surface area (Å²) in [4.78, 5) is 20.1. The lowest BCUT2D eigenvalue weighted by Gasteiger charge is -2.20. The monoisotopic (exact) mass is 402 g/mol. The third-order valence-electron chi connectivity index (χ3n) is 5.05. The molecule has 0 fully saturated rings. The number of carbonyl (C=O) groups excluding carboxylic acids is 1. The van der Waals surface area contributed by atoms with Gasteiger partial charge in [-0.1, -0.05) is 53.8 Å². The van der Waals surface area contributed by atoms with E-state index in [-0.39, 0.29) is 5.91 Å². The highest BCUT2D eigenvalue weighted by Gasteiger charge is 2.22. The van der Waals surface area contributed by atoms with Crippen LogP contribution in [0.5, 0.6) is 5.75 Å². The van der Waals surface area contributed by atoms with Crippen molar-refractivity contribution in [3.8, 4) is 5.75 Å². The SMILES string of the molecule is COc1cccc(C(=O)N(Cc2ccccc2)c2nc3c(C)c(C)ccc3s2)c1. The van der Waals surface area contributed by atoms with Crippen molar-refractivity contribution in [1.82, 2.24) is 4.98 Å². The zero-order chi connectivity index (χ0) is 20.4. The predicted molar refractivity (Wildman–Crippen MR) is 119 cm³/mol. The van der Waals surface area contributed by atoms with Crippen LogP contribution in [-0.2, 0) is 6.54 Å². The zero-order valence-corrected chi connectivity index (χ0v) is 17.5. The molecule has 1 amide bonds. The van der Waals surface area contributed by atoms with Crippen molar-refractivity contribution in [2.45, 2.75) is 20.4 Å². The lowest BCUT2D eigenvalue weighted by atomic mass is 10.1. The summed E-state index contributed by atoms with van der Waals surface area (Å²) in [6.45, 7) is 4.61. The van der Waals surface area contributed by atoms with Gasteiger partial charge in [-0.2, -0.15) is 0 Å². The van der Waals surface area contributed by atoms with E-state index in [1.54, 1.807) is 29.4 Å². The first-order chi connectivity index (χ1) is 14.1. The first-order valence-electron chi connectivity index (χ1n) is 9.43. The van der Waals surface area contributed by atoms with E-state index in [9.17, 15) is 4.79 Å². The average molecular weight is 403 g/mol. The maximum Gasteiger partial charge on any atom is 0.260 e. The molecule has 3 aromatic carbocycles. The summed E-state index contributed by atoms with van der Waals surface area (Å²) in [6.07, 6.45) is 0. The highest BCUT2D eigenvalue weighted by Crippen LogP contribution is 2.33. The molecule has 0 aliphatic carbocycles. The zero-order valence-electron chi connectivity index (χ0n) is 16.7. The van der Waals surface area contributed by atoms with Gasteiger partial charge in [0.25, 0.3) is 5.91 Å². The van der Waals surface area contributed by atoms with Crippen LogP contribution in [0.1, 0.15) is 27.0 Å². The van der Waals surface area contributed by atoms with Crippen molar-refractivity contribution in [2.75, 3.05) is 12.0 Å². The summed E-state index contributed by atoms with van der Waals surface area (Å²) in [5.41, 5.74) is 4.94. The van der Waals surface area contributed by atoms with Crippen LogP contribution in [0.2, 0.25) is 0 Å². The standard InChI is InChI=1S/C24H22N2O2S/c1-16-12-13-21-22(17(16)2)25-24(29-21)26(15-18-8-5-4-6-9-18)23(27)19-10-7-11-20(14-19)28-3/h4-14H,15H2,1-3H3. The Kier molecular flexibility index (Phi) is 5.32. The van der Waals surface area contributed by atoms with Gasteiger partial charge in [0.05, 0.1) is 23.9 Å². The number of methoxy groups -OCH3 is 1. The van der Waals surface area contributed by atoms with Crippen LogP contribution in [0.15, 0.2) is 66.7 Å².